The number of carbonyl (C=O) groups is 2. The zero-order valence-electron chi connectivity index (χ0n) is 15.3. The van der Waals surface area contributed by atoms with Gasteiger partial charge in [-0.1, -0.05) is 18.2 Å². The molecule has 0 saturated carbocycles. The number of rotatable bonds is 7. The van der Waals surface area contributed by atoms with Crippen LogP contribution in [-0.4, -0.2) is 62.2 Å². The molecule has 2 rings (SSSR count). The van der Waals surface area contributed by atoms with Crippen molar-refractivity contribution in [2.24, 2.45) is 5.92 Å². The van der Waals surface area contributed by atoms with Crippen LogP contribution in [0.25, 0.3) is 0 Å². The third-order valence-corrected chi connectivity index (χ3v) is 6.55. The molecule has 8 heteroatoms. The lowest BCUT2D eigenvalue weighted by molar-refractivity contribution is -0.134. The molecule has 1 N–H and O–H groups in total. The topological polar surface area (TPSA) is 86.8 Å². The van der Waals surface area contributed by atoms with Crippen LogP contribution >= 0.6 is 0 Å². The zero-order chi connectivity index (χ0) is 19.2. The van der Waals surface area contributed by atoms with E-state index in [2.05, 4.69) is 5.32 Å². The molecule has 1 heterocycles. The number of carbonyl (C=O) groups excluding carboxylic acids is 2. The first-order valence-electron chi connectivity index (χ1n) is 9.00. The summed E-state index contributed by atoms with van der Waals surface area (Å²) in [5.41, 5.74) is 0. The predicted molar refractivity (Wildman–Crippen MR) is 98.9 cm³/mol. The van der Waals surface area contributed by atoms with Gasteiger partial charge < -0.3 is 10.2 Å². The quantitative estimate of drug-likeness (QED) is 0.765. The molecule has 2 amide bonds. The van der Waals surface area contributed by atoms with Gasteiger partial charge in [-0.3, -0.25) is 9.59 Å². The average Bonchev–Trinajstić information content (AvgIpc) is 2.67. The second-order valence-electron chi connectivity index (χ2n) is 6.30. The van der Waals surface area contributed by atoms with Gasteiger partial charge in [0.2, 0.25) is 21.8 Å². The minimum atomic E-state index is -3.60. The molecular formula is C18H27N3O4S. The van der Waals surface area contributed by atoms with Gasteiger partial charge in [0.15, 0.2) is 0 Å². The third-order valence-electron chi connectivity index (χ3n) is 4.67. The first-order chi connectivity index (χ1) is 12.4. The third kappa shape index (κ3) is 4.82. The molecule has 1 aliphatic heterocycles. The molecule has 7 nitrogen and oxygen atoms in total. The normalized spacial score (nSPS) is 18.3. The summed E-state index contributed by atoms with van der Waals surface area (Å²) in [7, 11) is -3.60. The minimum absolute atomic E-state index is 0.0531. The highest BCUT2D eigenvalue weighted by molar-refractivity contribution is 7.89. The van der Waals surface area contributed by atoms with Crippen molar-refractivity contribution in [2.45, 2.75) is 31.6 Å². The lowest BCUT2D eigenvalue weighted by atomic mass is 9.99. The molecule has 1 atom stereocenters. The molecule has 0 aromatic heterocycles. The van der Waals surface area contributed by atoms with Crippen molar-refractivity contribution in [3.63, 3.8) is 0 Å². The van der Waals surface area contributed by atoms with Gasteiger partial charge in [-0.2, -0.15) is 4.31 Å². The Hall–Kier alpha value is -1.93. The number of hydrogen-bond donors (Lipinski definition) is 1. The highest BCUT2D eigenvalue weighted by Crippen LogP contribution is 2.23. The Kier molecular flexibility index (Phi) is 7.16. The fourth-order valence-electron chi connectivity index (χ4n) is 3.11. The van der Waals surface area contributed by atoms with Crippen LogP contribution < -0.4 is 5.32 Å². The maximum Gasteiger partial charge on any atom is 0.243 e. The summed E-state index contributed by atoms with van der Waals surface area (Å²) in [6, 6.07) is 8.24. The Morgan fingerprint density at radius 1 is 1.19 bits per heavy atom. The summed E-state index contributed by atoms with van der Waals surface area (Å²) in [4.78, 5) is 26.3. The molecule has 1 saturated heterocycles. The smallest absolute Gasteiger partial charge is 0.243 e. The van der Waals surface area contributed by atoms with E-state index < -0.39 is 15.9 Å². The number of sulfonamides is 1. The molecule has 1 fully saturated rings. The second kappa shape index (κ2) is 9.14. The molecule has 1 aromatic carbocycles. The molecule has 0 aliphatic carbocycles. The van der Waals surface area contributed by atoms with Crippen LogP contribution in [-0.2, 0) is 19.6 Å². The number of nitrogens with one attached hydrogen (secondary N) is 1. The van der Waals surface area contributed by atoms with Crippen LogP contribution in [0.4, 0.5) is 0 Å². The Labute approximate surface area is 155 Å². The largest absolute Gasteiger partial charge is 0.347 e. The lowest BCUT2D eigenvalue weighted by Crippen LogP contribution is -2.47. The first kappa shape index (κ1) is 20.4. The molecule has 0 bridgehead atoms. The Balaban J connectivity index is 1.97. The minimum Gasteiger partial charge on any atom is -0.347 e. The van der Waals surface area contributed by atoms with Crippen molar-refractivity contribution in [3.8, 4) is 0 Å². The molecule has 1 aromatic rings. The molecule has 1 aliphatic rings. The SMILES string of the molecule is CCN(CC)C(=O)CNC(=O)C1CCCN(S(=O)(=O)c2ccccc2)C1. The molecule has 144 valence electrons. The maximum absolute atomic E-state index is 12.7. The maximum atomic E-state index is 12.7. The van der Waals surface area contributed by atoms with Gasteiger partial charge in [0, 0.05) is 26.2 Å². The van der Waals surface area contributed by atoms with Crippen molar-refractivity contribution in [2.75, 3.05) is 32.7 Å². The Morgan fingerprint density at radius 2 is 1.85 bits per heavy atom. The second-order valence-corrected chi connectivity index (χ2v) is 8.24. The number of piperidine rings is 1. The van der Waals surface area contributed by atoms with E-state index in [0.29, 0.717) is 32.5 Å². The van der Waals surface area contributed by atoms with Gasteiger partial charge in [-0.25, -0.2) is 8.42 Å². The van der Waals surface area contributed by atoms with E-state index in [9.17, 15) is 18.0 Å². The van der Waals surface area contributed by atoms with Crippen molar-refractivity contribution < 1.29 is 18.0 Å². The van der Waals surface area contributed by atoms with E-state index >= 15 is 0 Å². The summed E-state index contributed by atoms with van der Waals surface area (Å²) in [6.07, 6.45) is 1.24. The highest BCUT2D eigenvalue weighted by atomic mass is 32.2. The van der Waals surface area contributed by atoms with E-state index in [1.165, 1.54) is 4.31 Å². The molecular weight excluding hydrogens is 354 g/mol. The van der Waals surface area contributed by atoms with Gasteiger partial charge >= 0.3 is 0 Å². The number of hydrogen-bond acceptors (Lipinski definition) is 4. The van der Waals surface area contributed by atoms with E-state index in [0.717, 1.165) is 0 Å². The van der Waals surface area contributed by atoms with Gasteiger partial charge in [0.25, 0.3) is 0 Å². The zero-order valence-corrected chi connectivity index (χ0v) is 16.2. The van der Waals surface area contributed by atoms with Crippen molar-refractivity contribution in [1.29, 1.82) is 0 Å². The van der Waals surface area contributed by atoms with Crippen LogP contribution in [0.2, 0.25) is 0 Å². The average molecular weight is 381 g/mol. The van der Waals surface area contributed by atoms with E-state index in [1.54, 1.807) is 35.2 Å². The first-order valence-corrected chi connectivity index (χ1v) is 10.4. The fourth-order valence-corrected chi connectivity index (χ4v) is 4.66. The number of nitrogens with zero attached hydrogens (tertiary/aromatic N) is 2. The lowest BCUT2D eigenvalue weighted by Gasteiger charge is -2.31. The van der Waals surface area contributed by atoms with Crippen LogP contribution in [0, 0.1) is 5.92 Å². The van der Waals surface area contributed by atoms with E-state index in [4.69, 9.17) is 0 Å². The van der Waals surface area contributed by atoms with E-state index in [-0.39, 0.29) is 29.8 Å². The number of likely N-dealkylation sites (N-methyl/N-ethyl adjacent to an activating group) is 1. The van der Waals surface area contributed by atoms with Gasteiger partial charge in [-0.05, 0) is 38.8 Å². The van der Waals surface area contributed by atoms with Crippen molar-refractivity contribution in [1.82, 2.24) is 14.5 Å². The summed E-state index contributed by atoms with van der Waals surface area (Å²) < 4.78 is 26.8. The van der Waals surface area contributed by atoms with Crippen LogP contribution in [0.1, 0.15) is 26.7 Å². The summed E-state index contributed by atoms with van der Waals surface area (Å²) >= 11 is 0. The van der Waals surface area contributed by atoms with Crippen LogP contribution in [0.5, 0.6) is 0 Å². The fraction of sp³-hybridized carbons (Fsp3) is 0.556. The van der Waals surface area contributed by atoms with Gasteiger partial charge in [0.05, 0.1) is 17.4 Å². The van der Waals surface area contributed by atoms with Crippen LogP contribution in [0.15, 0.2) is 35.2 Å². The standard InChI is InChI=1S/C18H27N3O4S/c1-3-20(4-2)17(22)13-19-18(23)15-9-8-12-21(14-15)26(24,25)16-10-6-5-7-11-16/h5-7,10-11,15H,3-4,8-9,12-14H2,1-2H3,(H,19,23). The van der Waals surface area contributed by atoms with Gasteiger partial charge in [0.1, 0.15) is 0 Å². The van der Waals surface area contributed by atoms with Crippen molar-refractivity contribution >= 4 is 21.8 Å². The monoisotopic (exact) mass is 381 g/mol. The molecule has 0 radical (unpaired) electrons. The Bertz CT molecular complexity index is 717. The van der Waals surface area contributed by atoms with E-state index in [1.807, 2.05) is 13.8 Å². The highest BCUT2D eigenvalue weighted by Gasteiger charge is 2.33. The van der Waals surface area contributed by atoms with Crippen molar-refractivity contribution in [3.05, 3.63) is 30.3 Å². The number of amides is 2. The predicted octanol–water partition coefficient (Wildman–Crippen LogP) is 1.07. The van der Waals surface area contributed by atoms with Crippen LogP contribution in [0.3, 0.4) is 0 Å². The summed E-state index contributed by atoms with van der Waals surface area (Å²) in [5.74, 6) is -0.835. The van der Waals surface area contributed by atoms with Gasteiger partial charge in [-0.15, -0.1) is 0 Å². The Morgan fingerprint density at radius 3 is 2.46 bits per heavy atom. The molecule has 26 heavy (non-hydrogen) atoms. The summed E-state index contributed by atoms with van der Waals surface area (Å²) in [5, 5.41) is 2.66. The summed E-state index contributed by atoms with van der Waals surface area (Å²) in [6.45, 7) is 5.45. The molecule has 1 unspecified atom stereocenters. The molecule has 0 spiro atoms. The number of benzene rings is 1.